The van der Waals surface area contributed by atoms with Crippen LogP contribution in [0.15, 0.2) is 29.2 Å². The number of likely N-dealkylation sites (tertiary alicyclic amines) is 1. The molecule has 6 nitrogen and oxygen atoms in total. The highest BCUT2D eigenvalue weighted by Gasteiger charge is 2.22. The highest BCUT2D eigenvalue weighted by atomic mass is 32.2. The van der Waals surface area contributed by atoms with Gasteiger partial charge in [0.2, 0.25) is 5.91 Å². The first kappa shape index (κ1) is 18.7. The number of nitrogens with two attached hydrogens (primary N) is 1. The largest absolute Gasteiger partial charge is 0.385 e. The number of sulfone groups is 1. The van der Waals surface area contributed by atoms with E-state index in [9.17, 15) is 13.2 Å². The van der Waals surface area contributed by atoms with Crippen LogP contribution in [0.25, 0.3) is 0 Å². The van der Waals surface area contributed by atoms with Gasteiger partial charge in [-0.3, -0.25) is 4.79 Å². The first-order valence-corrected chi connectivity index (χ1v) is 10.4. The molecule has 1 aromatic rings. The zero-order valence-electron chi connectivity index (χ0n) is 14.2. The highest BCUT2D eigenvalue weighted by molar-refractivity contribution is 7.90. The number of nitrogens with zero attached hydrogens (tertiary/aromatic N) is 1. The number of amides is 1. The van der Waals surface area contributed by atoms with Gasteiger partial charge in [0, 0.05) is 31.6 Å². The Labute approximate surface area is 144 Å². The number of hydrogen-bond acceptors (Lipinski definition) is 5. The van der Waals surface area contributed by atoms with Crippen LogP contribution in [0, 0.1) is 0 Å². The Kier molecular flexibility index (Phi) is 6.62. The molecule has 7 heteroatoms. The predicted molar refractivity (Wildman–Crippen MR) is 95.7 cm³/mol. The number of hydrogen-bond donors (Lipinski definition) is 2. The van der Waals surface area contributed by atoms with Gasteiger partial charge in [-0.05, 0) is 56.4 Å². The lowest BCUT2D eigenvalue weighted by atomic mass is 10.1. The number of rotatable bonds is 8. The third kappa shape index (κ3) is 5.49. The fourth-order valence-corrected chi connectivity index (χ4v) is 3.47. The second-order valence-electron chi connectivity index (χ2n) is 6.36. The number of carbonyl (C=O) groups excluding carboxylic acids is 1. The number of nitrogens with one attached hydrogen (secondary N) is 1. The van der Waals surface area contributed by atoms with Crippen molar-refractivity contribution in [2.24, 2.45) is 5.73 Å². The van der Waals surface area contributed by atoms with Gasteiger partial charge < -0.3 is 16.0 Å². The molecule has 1 saturated heterocycles. The normalized spacial score (nSPS) is 16.2. The maximum atomic E-state index is 12.1. The zero-order chi connectivity index (χ0) is 17.6. The molecule has 0 saturated carbocycles. The van der Waals surface area contributed by atoms with Crippen molar-refractivity contribution in [2.45, 2.75) is 43.0 Å². The molecule has 0 aliphatic carbocycles. The Morgan fingerprint density at radius 3 is 2.42 bits per heavy atom. The quantitative estimate of drug-likeness (QED) is 0.693. The molecule has 0 bridgehead atoms. The van der Waals surface area contributed by atoms with E-state index < -0.39 is 15.9 Å². The van der Waals surface area contributed by atoms with E-state index in [1.54, 1.807) is 24.3 Å². The van der Waals surface area contributed by atoms with Gasteiger partial charge in [0.15, 0.2) is 9.84 Å². The van der Waals surface area contributed by atoms with Crippen LogP contribution in [0.1, 0.15) is 32.1 Å². The maximum Gasteiger partial charge on any atom is 0.239 e. The summed E-state index contributed by atoms with van der Waals surface area (Å²) in [5.41, 5.74) is 6.87. The fourth-order valence-electron chi connectivity index (χ4n) is 2.84. The molecule has 0 unspecified atom stereocenters. The number of benzene rings is 1. The van der Waals surface area contributed by atoms with Gasteiger partial charge in [0.05, 0.1) is 10.9 Å². The van der Waals surface area contributed by atoms with Crippen molar-refractivity contribution in [3.63, 3.8) is 0 Å². The van der Waals surface area contributed by atoms with Crippen LogP contribution < -0.4 is 11.1 Å². The third-order valence-corrected chi connectivity index (χ3v) is 5.42. The predicted octanol–water partition coefficient (Wildman–Crippen LogP) is 1.62. The van der Waals surface area contributed by atoms with Gasteiger partial charge in [-0.1, -0.05) is 0 Å². The minimum Gasteiger partial charge on any atom is -0.385 e. The minimum atomic E-state index is -3.15. The fraction of sp³-hybridized carbons (Fsp3) is 0.588. The Hall–Kier alpha value is -1.60. The van der Waals surface area contributed by atoms with Crippen LogP contribution in [0.4, 0.5) is 5.69 Å². The Balaban J connectivity index is 1.65. The van der Waals surface area contributed by atoms with E-state index in [4.69, 9.17) is 5.73 Å². The number of anilines is 1. The second kappa shape index (κ2) is 8.48. The molecule has 0 aromatic heterocycles. The van der Waals surface area contributed by atoms with Crippen LogP contribution in [0.5, 0.6) is 0 Å². The van der Waals surface area contributed by atoms with E-state index in [2.05, 4.69) is 5.32 Å². The maximum absolute atomic E-state index is 12.1. The van der Waals surface area contributed by atoms with Crippen molar-refractivity contribution in [1.29, 1.82) is 0 Å². The molecular formula is C17H27N3O3S. The molecule has 1 fully saturated rings. The van der Waals surface area contributed by atoms with E-state index >= 15 is 0 Å². The molecule has 2 rings (SSSR count). The Morgan fingerprint density at radius 1 is 1.21 bits per heavy atom. The third-order valence-electron chi connectivity index (χ3n) is 4.29. The van der Waals surface area contributed by atoms with Gasteiger partial charge >= 0.3 is 0 Å². The molecule has 134 valence electrons. The van der Waals surface area contributed by atoms with Crippen molar-refractivity contribution in [2.75, 3.05) is 31.2 Å². The summed E-state index contributed by atoms with van der Waals surface area (Å²) in [5.74, 6) is 0.0804. The lowest BCUT2D eigenvalue weighted by molar-refractivity contribution is -0.131. The summed E-state index contributed by atoms with van der Waals surface area (Å²) in [6.45, 7) is 2.46. The van der Waals surface area contributed by atoms with Gasteiger partial charge in [-0.15, -0.1) is 0 Å². The van der Waals surface area contributed by atoms with Crippen molar-refractivity contribution in [1.82, 2.24) is 4.90 Å². The lowest BCUT2D eigenvalue weighted by Crippen LogP contribution is -2.42. The summed E-state index contributed by atoms with van der Waals surface area (Å²) in [4.78, 5) is 14.3. The minimum absolute atomic E-state index is 0.0804. The molecule has 1 aromatic carbocycles. The van der Waals surface area contributed by atoms with E-state index in [1.165, 1.54) is 6.26 Å². The Morgan fingerprint density at radius 2 is 1.83 bits per heavy atom. The van der Waals surface area contributed by atoms with Gasteiger partial charge in [0.25, 0.3) is 0 Å². The van der Waals surface area contributed by atoms with Crippen LogP contribution in [0.2, 0.25) is 0 Å². The topological polar surface area (TPSA) is 92.5 Å². The highest BCUT2D eigenvalue weighted by Crippen LogP contribution is 2.14. The molecular weight excluding hydrogens is 326 g/mol. The van der Waals surface area contributed by atoms with Crippen molar-refractivity contribution < 1.29 is 13.2 Å². The molecule has 0 spiro atoms. The molecule has 0 radical (unpaired) electrons. The molecule has 24 heavy (non-hydrogen) atoms. The molecule has 1 aliphatic heterocycles. The van der Waals surface area contributed by atoms with Crippen LogP contribution in [0.3, 0.4) is 0 Å². The summed E-state index contributed by atoms with van der Waals surface area (Å²) in [6, 6.07) is 6.33. The summed E-state index contributed by atoms with van der Waals surface area (Å²) in [6.07, 6.45) is 5.86. The standard InChI is InChI=1S/C17H27N3O3S/c1-24(22,23)15-9-7-14(8-10-15)19-11-3-2-6-16(18)17(21)20-12-4-5-13-20/h7-10,16,19H,2-6,11-13,18H2,1H3/t16-/m0/s1. The van der Waals surface area contributed by atoms with Crippen molar-refractivity contribution in [3.05, 3.63) is 24.3 Å². The van der Waals surface area contributed by atoms with Gasteiger partial charge in [-0.2, -0.15) is 0 Å². The lowest BCUT2D eigenvalue weighted by Gasteiger charge is -2.20. The van der Waals surface area contributed by atoms with Crippen molar-refractivity contribution in [3.8, 4) is 0 Å². The number of unbranched alkanes of at least 4 members (excludes halogenated alkanes) is 1. The molecule has 1 amide bonds. The van der Waals surface area contributed by atoms with Crippen molar-refractivity contribution >= 4 is 21.4 Å². The number of carbonyl (C=O) groups is 1. The van der Waals surface area contributed by atoms with Gasteiger partial charge in [0.1, 0.15) is 0 Å². The van der Waals surface area contributed by atoms with E-state index in [0.717, 1.165) is 51.0 Å². The van der Waals surface area contributed by atoms with Crippen LogP contribution in [-0.2, 0) is 14.6 Å². The summed E-state index contributed by atoms with van der Waals surface area (Å²) < 4.78 is 22.8. The van der Waals surface area contributed by atoms with E-state index in [-0.39, 0.29) is 5.91 Å². The molecule has 1 heterocycles. The van der Waals surface area contributed by atoms with Crippen LogP contribution >= 0.6 is 0 Å². The average Bonchev–Trinajstić information content (AvgIpc) is 3.07. The summed E-state index contributed by atoms with van der Waals surface area (Å²) in [5, 5.41) is 3.25. The van der Waals surface area contributed by atoms with E-state index in [0.29, 0.717) is 11.3 Å². The molecule has 3 N–H and O–H groups in total. The smallest absolute Gasteiger partial charge is 0.239 e. The molecule has 1 atom stereocenters. The first-order chi connectivity index (χ1) is 11.4. The van der Waals surface area contributed by atoms with Gasteiger partial charge in [-0.25, -0.2) is 8.42 Å². The monoisotopic (exact) mass is 353 g/mol. The average molecular weight is 353 g/mol. The summed E-state index contributed by atoms with van der Waals surface area (Å²) >= 11 is 0. The Bertz CT molecular complexity index is 638. The first-order valence-electron chi connectivity index (χ1n) is 8.46. The summed E-state index contributed by atoms with van der Waals surface area (Å²) in [7, 11) is -3.15. The SMILES string of the molecule is CS(=O)(=O)c1ccc(NCCCC[C@H](N)C(=O)N2CCCC2)cc1. The van der Waals surface area contributed by atoms with Crippen LogP contribution in [-0.4, -0.2) is 51.2 Å². The van der Waals surface area contributed by atoms with E-state index in [1.807, 2.05) is 4.90 Å². The zero-order valence-corrected chi connectivity index (χ0v) is 15.0. The molecule has 1 aliphatic rings. The second-order valence-corrected chi connectivity index (χ2v) is 8.37.